The monoisotopic (exact) mass is 322 g/mol. The molecule has 0 saturated carbocycles. The maximum absolute atomic E-state index is 12.7. The molecule has 24 heavy (non-hydrogen) atoms. The minimum absolute atomic E-state index is 0.192. The third kappa shape index (κ3) is 1.80. The summed E-state index contributed by atoms with van der Waals surface area (Å²) in [6.07, 6.45) is 5.62. The van der Waals surface area contributed by atoms with E-state index in [2.05, 4.69) is 39.8 Å². The molecule has 3 aliphatic rings. The third-order valence-corrected chi connectivity index (χ3v) is 5.83. The molecule has 5 rings (SSSR count). The van der Waals surface area contributed by atoms with Crippen molar-refractivity contribution < 1.29 is 9.53 Å². The van der Waals surface area contributed by atoms with E-state index in [1.807, 2.05) is 6.92 Å². The number of nitrogens with zero attached hydrogens (tertiary/aromatic N) is 2. The van der Waals surface area contributed by atoms with Gasteiger partial charge in [-0.2, -0.15) is 0 Å². The number of aromatic nitrogens is 1. The normalized spacial score (nSPS) is 25.3. The molecule has 0 aliphatic carbocycles. The van der Waals surface area contributed by atoms with E-state index >= 15 is 0 Å². The van der Waals surface area contributed by atoms with Crippen LogP contribution in [0.2, 0.25) is 0 Å². The molecular formula is C20H22N2O2. The fourth-order valence-corrected chi connectivity index (χ4v) is 4.96. The van der Waals surface area contributed by atoms with Gasteiger partial charge in [-0.1, -0.05) is 18.2 Å². The van der Waals surface area contributed by atoms with E-state index in [1.165, 1.54) is 29.6 Å². The summed E-state index contributed by atoms with van der Waals surface area (Å²) >= 11 is 0. The molecule has 1 unspecified atom stereocenters. The molecule has 0 radical (unpaired) electrons. The Bertz CT molecular complexity index is 864. The van der Waals surface area contributed by atoms with Gasteiger partial charge in [0, 0.05) is 23.5 Å². The Hall–Kier alpha value is -2.07. The van der Waals surface area contributed by atoms with Gasteiger partial charge in [0.2, 0.25) is 0 Å². The lowest BCUT2D eigenvalue weighted by atomic mass is 9.80. The Morgan fingerprint density at radius 3 is 3.04 bits per heavy atom. The van der Waals surface area contributed by atoms with Crippen molar-refractivity contribution in [2.24, 2.45) is 5.92 Å². The predicted molar refractivity (Wildman–Crippen MR) is 93.6 cm³/mol. The van der Waals surface area contributed by atoms with Crippen molar-refractivity contribution >= 4 is 22.6 Å². The molecule has 1 aromatic carbocycles. The van der Waals surface area contributed by atoms with Crippen molar-refractivity contribution in [3.8, 4) is 0 Å². The summed E-state index contributed by atoms with van der Waals surface area (Å²) in [5.74, 6) is 0.233. The average Bonchev–Trinajstić information content (AvgIpc) is 2.96. The summed E-state index contributed by atoms with van der Waals surface area (Å²) in [4.78, 5) is 15.3. The van der Waals surface area contributed by atoms with Gasteiger partial charge in [-0.05, 0) is 50.4 Å². The highest BCUT2D eigenvalue weighted by molar-refractivity contribution is 6.13. The van der Waals surface area contributed by atoms with E-state index in [0.29, 0.717) is 18.6 Å². The van der Waals surface area contributed by atoms with Gasteiger partial charge < -0.3 is 9.30 Å². The van der Waals surface area contributed by atoms with E-state index in [1.54, 1.807) is 0 Å². The fourth-order valence-electron chi connectivity index (χ4n) is 4.96. The lowest BCUT2D eigenvalue weighted by Crippen LogP contribution is -2.45. The van der Waals surface area contributed by atoms with Crippen LogP contribution in [-0.2, 0) is 16.0 Å². The van der Waals surface area contributed by atoms with Gasteiger partial charge in [0.05, 0.1) is 18.2 Å². The second-order valence-electron chi connectivity index (χ2n) is 7.03. The van der Waals surface area contributed by atoms with Crippen molar-refractivity contribution in [1.29, 1.82) is 0 Å². The Balaban J connectivity index is 1.81. The first-order chi connectivity index (χ1) is 11.8. The lowest BCUT2D eigenvalue weighted by molar-refractivity contribution is -0.136. The first kappa shape index (κ1) is 14.3. The maximum Gasteiger partial charge on any atom is 0.354 e. The number of piperidine rings is 1. The third-order valence-electron chi connectivity index (χ3n) is 5.83. The first-order valence-electron chi connectivity index (χ1n) is 9.05. The van der Waals surface area contributed by atoms with Crippen molar-refractivity contribution in [3.63, 3.8) is 0 Å². The number of para-hydroxylation sites is 1. The molecule has 0 bridgehead atoms. The number of ether oxygens (including phenoxy) is 1. The molecule has 1 fully saturated rings. The van der Waals surface area contributed by atoms with E-state index in [0.717, 1.165) is 30.6 Å². The van der Waals surface area contributed by atoms with E-state index in [-0.39, 0.29) is 5.97 Å². The standard InChI is InChI=1S/C20H22N2O2/c1-2-24-20(23)17-12-13-6-5-10-21-11-9-15-14-7-3-4-8-16(14)22(17)19(15)18(13)21/h3-4,7-8,12-13,18H,2,5-6,9-11H2,1H3/t13?,18-/m0/s1. The van der Waals surface area contributed by atoms with E-state index in [9.17, 15) is 4.79 Å². The van der Waals surface area contributed by atoms with Crippen molar-refractivity contribution in [2.45, 2.75) is 32.2 Å². The van der Waals surface area contributed by atoms with Gasteiger partial charge in [0.1, 0.15) is 5.70 Å². The van der Waals surface area contributed by atoms with Gasteiger partial charge in [-0.15, -0.1) is 0 Å². The van der Waals surface area contributed by atoms with Crippen molar-refractivity contribution in [2.75, 3.05) is 19.7 Å². The number of rotatable bonds is 2. The number of hydrogen-bond donors (Lipinski definition) is 0. The summed E-state index contributed by atoms with van der Waals surface area (Å²) < 4.78 is 7.58. The summed E-state index contributed by atoms with van der Waals surface area (Å²) in [5, 5.41) is 1.30. The number of esters is 1. The van der Waals surface area contributed by atoms with Crippen molar-refractivity contribution in [3.05, 3.63) is 41.6 Å². The van der Waals surface area contributed by atoms with Crippen LogP contribution in [0.1, 0.15) is 37.1 Å². The van der Waals surface area contributed by atoms with Crippen LogP contribution < -0.4 is 0 Å². The maximum atomic E-state index is 12.7. The summed E-state index contributed by atoms with van der Waals surface area (Å²) in [7, 11) is 0. The minimum atomic E-state index is -0.192. The van der Waals surface area contributed by atoms with Crippen LogP contribution in [0.4, 0.5) is 0 Å². The first-order valence-corrected chi connectivity index (χ1v) is 9.05. The Kier molecular flexibility index (Phi) is 3.10. The zero-order valence-corrected chi connectivity index (χ0v) is 14.0. The zero-order valence-electron chi connectivity index (χ0n) is 14.0. The number of fused-ring (bicyclic) bond motifs is 3. The van der Waals surface area contributed by atoms with E-state index < -0.39 is 0 Å². The number of hydrogen-bond acceptors (Lipinski definition) is 3. The highest BCUT2D eigenvalue weighted by Crippen LogP contribution is 2.49. The fraction of sp³-hybridized carbons (Fsp3) is 0.450. The molecule has 4 heteroatoms. The van der Waals surface area contributed by atoms with Crippen LogP contribution in [0.3, 0.4) is 0 Å². The number of carbonyl (C=O) groups excluding carboxylic acids is 1. The molecule has 2 aromatic rings. The summed E-state index contributed by atoms with van der Waals surface area (Å²) in [6.45, 7) is 4.59. The molecule has 3 aliphatic heterocycles. The SMILES string of the molecule is CCOC(=O)C1=CC2CCCN3CCc4c(n1c1ccccc41)[C@H]23. The van der Waals surface area contributed by atoms with Gasteiger partial charge in [-0.3, -0.25) is 4.90 Å². The zero-order chi connectivity index (χ0) is 16.3. The molecule has 0 amide bonds. The molecule has 124 valence electrons. The molecule has 1 saturated heterocycles. The molecule has 1 aromatic heterocycles. The molecule has 2 atom stereocenters. The topological polar surface area (TPSA) is 34.5 Å². The summed E-state index contributed by atoms with van der Waals surface area (Å²) in [6, 6.07) is 8.92. The van der Waals surface area contributed by atoms with Crippen LogP contribution in [0.25, 0.3) is 16.6 Å². The van der Waals surface area contributed by atoms with Crippen LogP contribution >= 0.6 is 0 Å². The Labute approximate surface area is 141 Å². The van der Waals surface area contributed by atoms with Gasteiger partial charge in [-0.25, -0.2) is 4.79 Å². The smallest absolute Gasteiger partial charge is 0.354 e. The molecular weight excluding hydrogens is 300 g/mol. The quantitative estimate of drug-likeness (QED) is 0.795. The Morgan fingerprint density at radius 2 is 2.17 bits per heavy atom. The minimum Gasteiger partial charge on any atom is -0.461 e. The molecule has 4 nitrogen and oxygen atoms in total. The van der Waals surface area contributed by atoms with Crippen LogP contribution in [0.15, 0.2) is 30.3 Å². The van der Waals surface area contributed by atoms with Crippen LogP contribution in [0.5, 0.6) is 0 Å². The van der Waals surface area contributed by atoms with Gasteiger partial charge >= 0.3 is 5.97 Å². The highest BCUT2D eigenvalue weighted by Gasteiger charge is 2.43. The van der Waals surface area contributed by atoms with Crippen molar-refractivity contribution in [1.82, 2.24) is 9.47 Å². The Morgan fingerprint density at radius 1 is 1.29 bits per heavy atom. The largest absolute Gasteiger partial charge is 0.461 e. The molecule has 4 heterocycles. The number of carbonyl (C=O) groups is 1. The molecule has 0 spiro atoms. The van der Waals surface area contributed by atoms with Crippen LogP contribution in [0, 0.1) is 5.92 Å². The second-order valence-corrected chi connectivity index (χ2v) is 7.03. The second kappa shape index (κ2) is 5.21. The molecule has 0 N–H and O–H groups in total. The van der Waals surface area contributed by atoms with Crippen LogP contribution in [-0.4, -0.2) is 35.1 Å². The van der Waals surface area contributed by atoms with E-state index in [4.69, 9.17) is 4.74 Å². The highest BCUT2D eigenvalue weighted by atomic mass is 16.5. The van der Waals surface area contributed by atoms with Gasteiger partial charge in [0.25, 0.3) is 0 Å². The lowest BCUT2D eigenvalue weighted by Gasteiger charge is -2.46. The van der Waals surface area contributed by atoms with Gasteiger partial charge in [0.15, 0.2) is 0 Å². The summed E-state index contributed by atoms with van der Waals surface area (Å²) in [5.41, 5.74) is 4.65. The predicted octanol–water partition coefficient (Wildman–Crippen LogP) is 3.37. The average molecular weight is 322 g/mol. The number of benzene rings is 1.